The maximum atomic E-state index is 14.1. The number of halogens is 1. The smallest absolute Gasteiger partial charge is 0.237 e. The molecular weight excluding hydrogens is 425 g/mol. The van der Waals surface area contributed by atoms with Crippen LogP contribution in [0.25, 0.3) is 0 Å². The van der Waals surface area contributed by atoms with Gasteiger partial charge in [0.1, 0.15) is 5.82 Å². The molecule has 0 bridgehead atoms. The molecule has 0 aromatic heterocycles. The highest BCUT2D eigenvalue weighted by atomic mass is 19.1. The summed E-state index contributed by atoms with van der Waals surface area (Å²) in [7, 11) is 0. The van der Waals surface area contributed by atoms with E-state index in [0.29, 0.717) is 18.4 Å². The second-order valence-electron chi connectivity index (χ2n) is 9.37. The van der Waals surface area contributed by atoms with E-state index in [2.05, 4.69) is 0 Å². The van der Waals surface area contributed by atoms with E-state index in [1.165, 1.54) is 23.1 Å². The molecule has 2 aliphatic carbocycles. The molecule has 6 rings (SSSR count). The fourth-order valence-electron chi connectivity index (χ4n) is 6.22. The van der Waals surface area contributed by atoms with E-state index in [1.54, 1.807) is 30.3 Å². The van der Waals surface area contributed by atoms with Gasteiger partial charge in [0.2, 0.25) is 29.0 Å². The number of hydrogen-bond donors (Lipinski definition) is 0. The Bertz CT molecular complexity index is 1180. The first kappa shape index (κ1) is 20.4. The molecule has 33 heavy (non-hydrogen) atoms. The van der Waals surface area contributed by atoms with Crippen LogP contribution in [-0.2, 0) is 14.3 Å². The number of hydrogen-bond acceptors (Lipinski definition) is 5. The van der Waals surface area contributed by atoms with Crippen LogP contribution in [0.1, 0.15) is 64.5 Å². The molecule has 0 unspecified atom stereocenters. The third-order valence-corrected chi connectivity index (χ3v) is 7.67. The Labute approximate surface area is 189 Å². The van der Waals surface area contributed by atoms with E-state index in [4.69, 9.17) is 4.74 Å². The summed E-state index contributed by atoms with van der Waals surface area (Å²) in [6.07, 6.45) is 3.21. The molecule has 0 radical (unpaired) electrons. The van der Waals surface area contributed by atoms with Crippen molar-refractivity contribution in [3.63, 3.8) is 0 Å². The molecule has 4 aliphatic rings. The van der Waals surface area contributed by atoms with Crippen molar-refractivity contribution < 1.29 is 28.3 Å². The van der Waals surface area contributed by atoms with Crippen molar-refractivity contribution in [1.29, 1.82) is 0 Å². The first-order valence-corrected chi connectivity index (χ1v) is 11.4. The van der Waals surface area contributed by atoms with Crippen LogP contribution in [0.4, 0.5) is 4.39 Å². The summed E-state index contributed by atoms with van der Waals surface area (Å²) in [5.74, 6) is -4.98. The number of nitrogens with zero attached hydrogens (tertiary/aromatic N) is 1. The Morgan fingerprint density at radius 2 is 1.52 bits per heavy atom. The number of carbonyl (C=O) groups is 4. The van der Waals surface area contributed by atoms with E-state index in [-0.39, 0.29) is 17.2 Å². The van der Waals surface area contributed by atoms with Crippen LogP contribution in [0, 0.1) is 17.7 Å². The Hall–Kier alpha value is -3.19. The molecule has 3 fully saturated rings. The Morgan fingerprint density at radius 1 is 0.848 bits per heavy atom. The maximum absolute atomic E-state index is 14.1. The van der Waals surface area contributed by atoms with Crippen molar-refractivity contribution in [3.05, 3.63) is 71.0 Å². The van der Waals surface area contributed by atoms with Crippen LogP contribution in [0.2, 0.25) is 0 Å². The number of rotatable bonds is 2. The first-order valence-electron chi connectivity index (χ1n) is 11.4. The second kappa shape index (κ2) is 7.15. The summed E-state index contributed by atoms with van der Waals surface area (Å²) in [4.78, 5) is 56.1. The van der Waals surface area contributed by atoms with Crippen molar-refractivity contribution >= 4 is 23.4 Å². The molecule has 0 N–H and O–H groups in total. The van der Waals surface area contributed by atoms with Crippen molar-refractivity contribution in [2.45, 2.75) is 49.9 Å². The highest BCUT2D eigenvalue weighted by Crippen LogP contribution is 2.57. The number of carbonyl (C=O) groups excluding carboxylic acids is 4. The molecule has 2 aliphatic heterocycles. The van der Waals surface area contributed by atoms with Crippen LogP contribution in [0.15, 0.2) is 48.5 Å². The van der Waals surface area contributed by atoms with Crippen molar-refractivity contribution in [2.75, 3.05) is 0 Å². The van der Waals surface area contributed by atoms with Gasteiger partial charge in [-0.1, -0.05) is 55.7 Å². The third-order valence-electron chi connectivity index (χ3n) is 7.67. The second-order valence-corrected chi connectivity index (χ2v) is 9.37. The minimum absolute atomic E-state index is 0.192. The van der Waals surface area contributed by atoms with E-state index < -0.39 is 52.7 Å². The fourth-order valence-corrected chi connectivity index (χ4v) is 6.22. The standard InChI is InChI=1S/C26H22FNO5/c27-15-8-6-7-14(13-15)21-19-20(25(32)28(24(19)31)16-9-2-1-3-10-16)26(33-21)22(29)17-11-4-5-12-18(17)23(26)30/h4-8,11-13,16,19-21H,1-3,9-10H2/t19-,20+,21+/m0/s1. The van der Waals surface area contributed by atoms with Crippen LogP contribution in [0.5, 0.6) is 0 Å². The van der Waals surface area contributed by atoms with Crippen molar-refractivity contribution in [2.24, 2.45) is 11.8 Å². The van der Waals surface area contributed by atoms with Gasteiger partial charge < -0.3 is 4.74 Å². The largest absolute Gasteiger partial charge is 0.349 e. The van der Waals surface area contributed by atoms with E-state index in [1.807, 2.05) is 0 Å². The van der Waals surface area contributed by atoms with Gasteiger partial charge in [0.25, 0.3) is 0 Å². The normalized spacial score (nSPS) is 28.6. The van der Waals surface area contributed by atoms with Gasteiger partial charge in [-0.25, -0.2) is 4.39 Å². The summed E-state index contributed by atoms with van der Waals surface area (Å²) in [6.45, 7) is 0. The van der Waals surface area contributed by atoms with Gasteiger partial charge in [0.05, 0.1) is 17.9 Å². The highest BCUT2D eigenvalue weighted by Gasteiger charge is 2.75. The molecule has 2 saturated heterocycles. The number of amides is 2. The van der Waals surface area contributed by atoms with Gasteiger partial charge in [-0.3, -0.25) is 24.1 Å². The van der Waals surface area contributed by atoms with Crippen LogP contribution in [0.3, 0.4) is 0 Å². The van der Waals surface area contributed by atoms with Crippen LogP contribution in [-0.4, -0.2) is 39.9 Å². The predicted molar refractivity (Wildman–Crippen MR) is 114 cm³/mol. The highest BCUT2D eigenvalue weighted by molar-refractivity contribution is 6.35. The van der Waals surface area contributed by atoms with Crippen LogP contribution < -0.4 is 0 Å². The average Bonchev–Trinajstić information content (AvgIpc) is 3.40. The zero-order chi connectivity index (χ0) is 22.9. The van der Waals surface area contributed by atoms with Gasteiger partial charge in [-0.05, 0) is 30.5 Å². The lowest BCUT2D eigenvalue weighted by molar-refractivity contribution is -0.148. The van der Waals surface area contributed by atoms with Crippen LogP contribution >= 0.6 is 0 Å². The topological polar surface area (TPSA) is 80.8 Å². The quantitative estimate of drug-likeness (QED) is 0.519. The van der Waals surface area contributed by atoms with Gasteiger partial charge in [-0.15, -0.1) is 0 Å². The van der Waals surface area contributed by atoms with Gasteiger partial charge in [-0.2, -0.15) is 0 Å². The molecule has 3 atom stereocenters. The number of ketones is 2. The Balaban J connectivity index is 1.51. The monoisotopic (exact) mass is 447 g/mol. The van der Waals surface area contributed by atoms with E-state index in [9.17, 15) is 23.6 Å². The molecule has 168 valence electrons. The number of imide groups is 1. The number of likely N-dealkylation sites (tertiary alicyclic amines) is 1. The minimum Gasteiger partial charge on any atom is -0.349 e. The van der Waals surface area contributed by atoms with E-state index >= 15 is 0 Å². The summed E-state index contributed by atoms with van der Waals surface area (Å²) in [5.41, 5.74) is -1.37. The molecule has 2 heterocycles. The zero-order valence-corrected chi connectivity index (χ0v) is 17.8. The average molecular weight is 447 g/mol. The lowest BCUT2D eigenvalue weighted by Gasteiger charge is -2.33. The molecule has 1 spiro atoms. The maximum Gasteiger partial charge on any atom is 0.237 e. The number of benzene rings is 2. The summed E-state index contributed by atoms with van der Waals surface area (Å²) in [6, 6.07) is 11.7. The lowest BCUT2D eigenvalue weighted by Crippen LogP contribution is -2.52. The summed E-state index contributed by atoms with van der Waals surface area (Å²) < 4.78 is 20.3. The molecule has 2 aromatic carbocycles. The Kier molecular flexibility index (Phi) is 4.43. The molecule has 1 saturated carbocycles. The molecule has 2 aromatic rings. The SMILES string of the molecule is O=C1[C@@H]2[C@@H](c3cccc(F)c3)OC3(C(=O)c4ccccc4C3=O)[C@H]2C(=O)N1C1CCCCC1. The number of fused-ring (bicyclic) bond motifs is 3. The van der Waals surface area contributed by atoms with Gasteiger partial charge in [0.15, 0.2) is 0 Å². The third kappa shape index (κ3) is 2.63. The minimum atomic E-state index is -2.10. The van der Waals surface area contributed by atoms with Crippen molar-refractivity contribution in [3.8, 4) is 0 Å². The number of ether oxygens (including phenoxy) is 1. The Morgan fingerprint density at radius 3 is 2.15 bits per heavy atom. The van der Waals surface area contributed by atoms with E-state index in [0.717, 1.165) is 19.3 Å². The number of Topliss-reactive ketones (excluding diaryl/α,β-unsaturated/α-hetero) is 2. The fraction of sp³-hybridized carbons (Fsp3) is 0.385. The summed E-state index contributed by atoms with van der Waals surface area (Å²) in [5, 5.41) is 0. The molecular formula is C26H22FNO5. The van der Waals surface area contributed by atoms with Gasteiger partial charge >= 0.3 is 0 Å². The van der Waals surface area contributed by atoms with Gasteiger partial charge in [0, 0.05) is 17.2 Å². The lowest BCUT2D eigenvalue weighted by atomic mass is 9.77. The summed E-state index contributed by atoms with van der Waals surface area (Å²) >= 11 is 0. The predicted octanol–water partition coefficient (Wildman–Crippen LogP) is 3.65. The zero-order valence-electron chi connectivity index (χ0n) is 17.8. The first-order chi connectivity index (χ1) is 15.9. The van der Waals surface area contributed by atoms with Crippen molar-refractivity contribution in [1.82, 2.24) is 4.90 Å². The molecule has 2 amide bonds. The molecule has 7 heteroatoms. The molecule has 6 nitrogen and oxygen atoms in total.